The Labute approximate surface area is 98.1 Å². The van der Waals surface area contributed by atoms with Crippen LogP contribution >= 0.6 is 0 Å². The number of oxime groups is 1. The zero-order valence-electron chi connectivity index (χ0n) is 9.57. The lowest BCUT2D eigenvalue weighted by Crippen LogP contribution is -2.42. The standard InChI is InChI=1S/C11H14FN3O2/c1-6-3-4-8(5-9(6)12)11(16)14-7(2)10(13)15-17/h3-5,7,17H,1-2H3,(H2,13,15)(H,14,16). The van der Waals surface area contributed by atoms with Gasteiger partial charge in [-0.25, -0.2) is 4.39 Å². The highest BCUT2D eigenvalue weighted by molar-refractivity contribution is 5.98. The molecule has 1 rings (SSSR count). The molecule has 0 aliphatic rings. The predicted molar refractivity (Wildman–Crippen MR) is 61.5 cm³/mol. The van der Waals surface area contributed by atoms with Crippen LogP contribution in [0, 0.1) is 12.7 Å². The highest BCUT2D eigenvalue weighted by atomic mass is 19.1. The number of aryl methyl sites for hydroxylation is 1. The molecule has 0 spiro atoms. The van der Waals surface area contributed by atoms with Crippen LogP contribution in [0.25, 0.3) is 0 Å². The van der Waals surface area contributed by atoms with Crippen LogP contribution in [0.15, 0.2) is 23.4 Å². The summed E-state index contributed by atoms with van der Waals surface area (Å²) < 4.78 is 13.2. The highest BCUT2D eigenvalue weighted by Crippen LogP contribution is 2.09. The molecule has 0 saturated carbocycles. The first-order valence-electron chi connectivity index (χ1n) is 5.00. The number of hydrogen-bond donors (Lipinski definition) is 3. The molecule has 1 atom stereocenters. The average molecular weight is 239 g/mol. The van der Waals surface area contributed by atoms with Crippen LogP contribution in [0.3, 0.4) is 0 Å². The second kappa shape index (κ2) is 5.29. The van der Waals surface area contributed by atoms with Crippen LogP contribution in [0.5, 0.6) is 0 Å². The Kier molecular flexibility index (Phi) is 4.03. The molecule has 92 valence electrons. The number of carbonyl (C=O) groups is 1. The summed E-state index contributed by atoms with van der Waals surface area (Å²) >= 11 is 0. The maximum Gasteiger partial charge on any atom is 0.251 e. The van der Waals surface area contributed by atoms with E-state index in [-0.39, 0.29) is 11.4 Å². The second-order valence-corrected chi connectivity index (χ2v) is 3.68. The Morgan fingerprint density at radius 1 is 1.59 bits per heavy atom. The molecule has 0 saturated heterocycles. The maximum atomic E-state index is 13.2. The van der Waals surface area contributed by atoms with Gasteiger partial charge in [-0.05, 0) is 31.5 Å². The first-order chi connectivity index (χ1) is 7.95. The van der Waals surface area contributed by atoms with Gasteiger partial charge in [-0.2, -0.15) is 0 Å². The zero-order valence-corrected chi connectivity index (χ0v) is 9.57. The van der Waals surface area contributed by atoms with Crippen molar-refractivity contribution in [2.75, 3.05) is 0 Å². The first kappa shape index (κ1) is 13.0. The van der Waals surface area contributed by atoms with Gasteiger partial charge < -0.3 is 16.3 Å². The summed E-state index contributed by atoms with van der Waals surface area (Å²) in [5.41, 5.74) is 5.96. The van der Waals surface area contributed by atoms with Crippen molar-refractivity contribution in [1.82, 2.24) is 5.32 Å². The Bertz CT molecular complexity index is 460. The molecule has 0 heterocycles. The largest absolute Gasteiger partial charge is 0.409 e. The number of carbonyl (C=O) groups excluding carboxylic acids is 1. The predicted octanol–water partition coefficient (Wildman–Crippen LogP) is 0.999. The van der Waals surface area contributed by atoms with Gasteiger partial charge in [0, 0.05) is 5.56 Å². The van der Waals surface area contributed by atoms with Crippen molar-refractivity contribution in [2.24, 2.45) is 10.9 Å². The molecule has 0 aromatic heterocycles. The summed E-state index contributed by atoms with van der Waals surface area (Å²) in [5.74, 6) is -1.05. The molecule has 1 aromatic rings. The molecule has 1 aromatic carbocycles. The van der Waals surface area contributed by atoms with Crippen LogP contribution in [0.1, 0.15) is 22.8 Å². The summed E-state index contributed by atoms with van der Waals surface area (Å²) in [5, 5.41) is 13.7. The van der Waals surface area contributed by atoms with Gasteiger partial charge in [0.25, 0.3) is 5.91 Å². The van der Waals surface area contributed by atoms with Crippen molar-refractivity contribution in [3.8, 4) is 0 Å². The third-order valence-corrected chi connectivity index (χ3v) is 2.34. The monoisotopic (exact) mass is 239 g/mol. The van der Waals surface area contributed by atoms with Gasteiger partial charge >= 0.3 is 0 Å². The lowest BCUT2D eigenvalue weighted by atomic mass is 10.1. The van der Waals surface area contributed by atoms with E-state index in [0.29, 0.717) is 5.56 Å². The molecule has 0 fully saturated rings. The Morgan fingerprint density at radius 3 is 2.76 bits per heavy atom. The van der Waals surface area contributed by atoms with E-state index in [2.05, 4.69) is 10.5 Å². The van der Waals surface area contributed by atoms with Gasteiger partial charge in [-0.15, -0.1) is 0 Å². The molecule has 0 bridgehead atoms. The Hall–Kier alpha value is -2.11. The number of amides is 1. The molecule has 0 aliphatic heterocycles. The molecule has 4 N–H and O–H groups in total. The molecule has 1 amide bonds. The van der Waals surface area contributed by atoms with E-state index in [1.165, 1.54) is 12.1 Å². The minimum Gasteiger partial charge on any atom is -0.409 e. The normalized spacial score (nSPS) is 13.2. The Balaban J connectivity index is 2.80. The molecule has 17 heavy (non-hydrogen) atoms. The van der Waals surface area contributed by atoms with E-state index in [0.717, 1.165) is 6.07 Å². The van der Waals surface area contributed by atoms with Gasteiger partial charge in [0.05, 0.1) is 6.04 Å². The minimum absolute atomic E-state index is 0.120. The van der Waals surface area contributed by atoms with Gasteiger partial charge in [0.2, 0.25) is 0 Å². The third kappa shape index (κ3) is 3.17. The molecule has 6 heteroatoms. The number of hydrogen-bond acceptors (Lipinski definition) is 3. The zero-order chi connectivity index (χ0) is 13.0. The van der Waals surface area contributed by atoms with Gasteiger partial charge in [-0.1, -0.05) is 11.2 Å². The summed E-state index contributed by atoms with van der Waals surface area (Å²) in [4.78, 5) is 11.7. The van der Waals surface area contributed by atoms with Gasteiger partial charge in [0.1, 0.15) is 5.82 Å². The number of nitrogens with one attached hydrogen (secondary N) is 1. The fourth-order valence-electron chi connectivity index (χ4n) is 1.17. The molecule has 1 unspecified atom stereocenters. The highest BCUT2D eigenvalue weighted by Gasteiger charge is 2.13. The minimum atomic E-state index is -0.628. The lowest BCUT2D eigenvalue weighted by molar-refractivity contribution is 0.0948. The first-order valence-corrected chi connectivity index (χ1v) is 5.00. The molecule has 5 nitrogen and oxygen atoms in total. The van der Waals surface area contributed by atoms with E-state index >= 15 is 0 Å². The number of halogens is 1. The number of amidine groups is 1. The van der Waals surface area contributed by atoms with E-state index in [9.17, 15) is 9.18 Å². The Morgan fingerprint density at radius 2 is 2.24 bits per heavy atom. The second-order valence-electron chi connectivity index (χ2n) is 3.68. The summed E-state index contributed by atoms with van der Waals surface area (Å²) in [6.07, 6.45) is 0. The molecule has 0 aliphatic carbocycles. The van der Waals surface area contributed by atoms with E-state index in [1.807, 2.05) is 0 Å². The van der Waals surface area contributed by atoms with Crippen LogP contribution in [-0.4, -0.2) is 23.0 Å². The van der Waals surface area contributed by atoms with Gasteiger partial charge in [-0.3, -0.25) is 4.79 Å². The average Bonchev–Trinajstić information content (AvgIpc) is 2.31. The summed E-state index contributed by atoms with van der Waals surface area (Å²) in [6, 6.07) is 3.53. The van der Waals surface area contributed by atoms with E-state index in [4.69, 9.17) is 10.9 Å². The van der Waals surface area contributed by atoms with Crippen LogP contribution in [0.2, 0.25) is 0 Å². The van der Waals surface area contributed by atoms with Crippen molar-refractivity contribution in [3.63, 3.8) is 0 Å². The fraction of sp³-hybridized carbons (Fsp3) is 0.273. The summed E-state index contributed by atoms with van der Waals surface area (Å²) in [6.45, 7) is 3.16. The molecular weight excluding hydrogens is 225 g/mol. The van der Waals surface area contributed by atoms with Crippen molar-refractivity contribution in [2.45, 2.75) is 19.9 Å². The number of nitrogens with zero attached hydrogens (tertiary/aromatic N) is 1. The molecular formula is C11H14FN3O2. The van der Waals surface area contributed by atoms with Crippen LogP contribution < -0.4 is 11.1 Å². The van der Waals surface area contributed by atoms with Crippen LogP contribution in [-0.2, 0) is 0 Å². The fourth-order valence-corrected chi connectivity index (χ4v) is 1.17. The van der Waals surface area contributed by atoms with Crippen molar-refractivity contribution in [3.05, 3.63) is 35.1 Å². The third-order valence-electron chi connectivity index (χ3n) is 2.34. The van der Waals surface area contributed by atoms with E-state index < -0.39 is 17.8 Å². The van der Waals surface area contributed by atoms with E-state index in [1.54, 1.807) is 13.8 Å². The smallest absolute Gasteiger partial charge is 0.251 e. The van der Waals surface area contributed by atoms with Gasteiger partial charge in [0.15, 0.2) is 5.84 Å². The topological polar surface area (TPSA) is 87.7 Å². The van der Waals surface area contributed by atoms with Crippen molar-refractivity contribution >= 4 is 11.7 Å². The van der Waals surface area contributed by atoms with Crippen molar-refractivity contribution in [1.29, 1.82) is 0 Å². The number of nitrogens with two attached hydrogens (primary N) is 1. The number of benzene rings is 1. The summed E-state index contributed by atoms with van der Waals surface area (Å²) in [7, 11) is 0. The van der Waals surface area contributed by atoms with Crippen LogP contribution in [0.4, 0.5) is 4.39 Å². The SMILES string of the molecule is Cc1ccc(C(=O)NC(C)/C(N)=N/O)cc1F. The molecule has 0 radical (unpaired) electrons. The van der Waals surface area contributed by atoms with Crippen molar-refractivity contribution < 1.29 is 14.4 Å². The maximum absolute atomic E-state index is 13.2. The lowest BCUT2D eigenvalue weighted by Gasteiger charge is -2.12. The quantitative estimate of drug-likeness (QED) is 0.318. The number of rotatable bonds is 3.